The summed E-state index contributed by atoms with van der Waals surface area (Å²) in [5.74, 6) is -0.949. The summed E-state index contributed by atoms with van der Waals surface area (Å²) in [7, 11) is 1.42. The van der Waals surface area contributed by atoms with Crippen LogP contribution in [0.5, 0.6) is 5.75 Å². The lowest BCUT2D eigenvalue weighted by Gasteiger charge is -2.12. The fourth-order valence-electron chi connectivity index (χ4n) is 1.68. The minimum Gasteiger partial charge on any atom is -0.495 e. The summed E-state index contributed by atoms with van der Waals surface area (Å²) in [5.41, 5.74) is 5.57. The lowest BCUT2D eigenvalue weighted by molar-refractivity contribution is 0.0996. The smallest absolute Gasteiger partial charge is 0.262 e. The first kappa shape index (κ1) is 16.0. The van der Waals surface area contributed by atoms with E-state index in [9.17, 15) is 9.59 Å². The van der Waals surface area contributed by atoms with Gasteiger partial charge in [0, 0.05) is 5.56 Å². The SMILES string of the molecule is COc1ccc(C(N)=O)cc1NC(=O)c1c(Cl)ncnc1Cl. The molecule has 0 saturated carbocycles. The number of anilines is 1. The number of carbonyl (C=O) groups excluding carboxylic acids is 2. The molecule has 0 saturated heterocycles. The van der Waals surface area contributed by atoms with Gasteiger partial charge in [-0.1, -0.05) is 23.2 Å². The van der Waals surface area contributed by atoms with Gasteiger partial charge in [-0.15, -0.1) is 0 Å². The molecule has 0 aliphatic carbocycles. The second kappa shape index (κ2) is 6.59. The number of carbonyl (C=O) groups is 2. The molecule has 1 aromatic carbocycles. The highest BCUT2D eigenvalue weighted by atomic mass is 35.5. The lowest BCUT2D eigenvalue weighted by Crippen LogP contribution is -2.16. The van der Waals surface area contributed by atoms with Gasteiger partial charge >= 0.3 is 0 Å². The fourth-order valence-corrected chi connectivity index (χ4v) is 2.16. The molecule has 0 aliphatic rings. The van der Waals surface area contributed by atoms with Crippen LogP contribution in [0, 0.1) is 0 Å². The van der Waals surface area contributed by atoms with Crippen LogP contribution in [0.4, 0.5) is 5.69 Å². The van der Waals surface area contributed by atoms with Gasteiger partial charge in [-0.3, -0.25) is 9.59 Å². The van der Waals surface area contributed by atoms with Gasteiger partial charge in [0.15, 0.2) is 0 Å². The molecule has 0 radical (unpaired) electrons. The number of nitrogens with zero attached hydrogens (tertiary/aromatic N) is 2. The molecule has 22 heavy (non-hydrogen) atoms. The number of halogens is 2. The van der Waals surface area contributed by atoms with E-state index in [1.807, 2.05) is 0 Å². The maximum Gasteiger partial charge on any atom is 0.262 e. The summed E-state index contributed by atoms with van der Waals surface area (Å²) in [4.78, 5) is 30.9. The second-order valence-corrected chi connectivity index (χ2v) is 4.78. The van der Waals surface area contributed by atoms with Crippen molar-refractivity contribution in [2.24, 2.45) is 5.73 Å². The van der Waals surface area contributed by atoms with Crippen LogP contribution < -0.4 is 15.8 Å². The van der Waals surface area contributed by atoms with Crippen molar-refractivity contribution >= 4 is 40.7 Å². The quantitative estimate of drug-likeness (QED) is 0.829. The summed E-state index contributed by atoms with van der Waals surface area (Å²) >= 11 is 11.7. The van der Waals surface area contributed by atoms with Gasteiger partial charge in [0.25, 0.3) is 5.91 Å². The van der Waals surface area contributed by atoms with Crippen LogP contribution in [-0.2, 0) is 0 Å². The molecular weight excluding hydrogens is 331 g/mol. The number of amides is 2. The zero-order valence-corrected chi connectivity index (χ0v) is 12.8. The molecule has 2 amide bonds. The van der Waals surface area contributed by atoms with Crippen LogP contribution in [0.15, 0.2) is 24.5 Å². The van der Waals surface area contributed by atoms with Crippen LogP contribution >= 0.6 is 23.2 Å². The van der Waals surface area contributed by atoms with Crippen molar-refractivity contribution in [1.29, 1.82) is 0 Å². The van der Waals surface area contributed by atoms with Gasteiger partial charge in [-0.2, -0.15) is 0 Å². The standard InChI is InChI=1S/C13H10Cl2N4O3/c1-22-8-3-2-6(12(16)20)4-7(8)19-13(21)9-10(14)17-5-18-11(9)15/h2-5H,1H3,(H2,16,20)(H,19,21). The normalized spacial score (nSPS) is 10.1. The molecule has 114 valence electrons. The second-order valence-electron chi connectivity index (χ2n) is 4.06. The molecule has 9 heteroatoms. The molecule has 0 unspecified atom stereocenters. The number of nitrogens with one attached hydrogen (secondary N) is 1. The Labute approximate surface area is 135 Å². The van der Waals surface area contributed by atoms with E-state index in [4.69, 9.17) is 33.7 Å². The minimum absolute atomic E-state index is 0.0858. The van der Waals surface area contributed by atoms with E-state index in [0.29, 0.717) is 5.75 Å². The van der Waals surface area contributed by atoms with Gasteiger partial charge < -0.3 is 15.8 Å². The van der Waals surface area contributed by atoms with E-state index in [1.54, 1.807) is 0 Å². The Morgan fingerprint density at radius 1 is 1.23 bits per heavy atom. The monoisotopic (exact) mass is 340 g/mol. The van der Waals surface area contributed by atoms with E-state index in [0.717, 1.165) is 6.33 Å². The van der Waals surface area contributed by atoms with Crippen molar-refractivity contribution in [3.63, 3.8) is 0 Å². The van der Waals surface area contributed by atoms with Crippen LogP contribution in [0.25, 0.3) is 0 Å². The molecule has 0 aliphatic heterocycles. The van der Waals surface area contributed by atoms with Crippen LogP contribution in [0.3, 0.4) is 0 Å². The number of aromatic nitrogens is 2. The number of hydrogen-bond acceptors (Lipinski definition) is 5. The average Bonchev–Trinajstić information content (AvgIpc) is 2.46. The molecular formula is C13H10Cl2N4O3. The Balaban J connectivity index is 2.39. The lowest BCUT2D eigenvalue weighted by atomic mass is 10.1. The van der Waals surface area contributed by atoms with Crippen molar-refractivity contribution in [3.05, 3.63) is 46.0 Å². The zero-order chi connectivity index (χ0) is 16.3. The summed E-state index contributed by atoms with van der Waals surface area (Å²) in [5, 5.41) is 2.34. The molecule has 0 fully saturated rings. The molecule has 2 aromatic rings. The summed E-state index contributed by atoms with van der Waals surface area (Å²) in [6.07, 6.45) is 1.13. The first-order valence-electron chi connectivity index (χ1n) is 5.89. The number of benzene rings is 1. The summed E-state index contributed by atoms with van der Waals surface area (Å²) < 4.78 is 5.11. The zero-order valence-electron chi connectivity index (χ0n) is 11.3. The highest BCUT2D eigenvalue weighted by molar-refractivity contribution is 6.39. The third kappa shape index (κ3) is 3.26. The molecule has 1 aromatic heterocycles. The van der Waals surface area contributed by atoms with Gasteiger partial charge in [0.2, 0.25) is 5.91 Å². The minimum atomic E-state index is -0.643. The highest BCUT2D eigenvalue weighted by Gasteiger charge is 2.19. The van der Waals surface area contributed by atoms with Crippen molar-refractivity contribution < 1.29 is 14.3 Å². The number of rotatable bonds is 4. The molecule has 0 bridgehead atoms. The largest absolute Gasteiger partial charge is 0.495 e. The number of ether oxygens (including phenoxy) is 1. The first-order chi connectivity index (χ1) is 10.4. The third-order valence-electron chi connectivity index (χ3n) is 2.71. The number of nitrogens with two attached hydrogens (primary N) is 1. The Morgan fingerprint density at radius 2 is 1.86 bits per heavy atom. The van der Waals surface area contributed by atoms with Crippen LogP contribution in [0.2, 0.25) is 10.3 Å². The number of methoxy groups -OCH3 is 1. The maximum absolute atomic E-state index is 12.3. The third-order valence-corrected chi connectivity index (χ3v) is 3.29. The first-order valence-corrected chi connectivity index (χ1v) is 6.64. The Morgan fingerprint density at radius 3 is 2.41 bits per heavy atom. The van der Waals surface area contributed by atoms with E-state index in [2.05, 4.69) is 15.3 Å². The van der Waals surface area contributed by atoms with Crippen LogP contribution in [-0.4, -0.2) is 28.9 Å². The fraction of sp³-hybridized carbons (Fsp3) is 0.0769. The number of hydrogen-bond donors (Lipinski definition) is 2. The van der Waals surface area contributed by atoms with Crippen molar-refractivity contribution in [3.8, 4) is 5.75 Å². The van der Waals surface area contributed by atoms with Crippen molar-refractivity contribution in [2.75, 3.05) is 12.4 Å². The van der Waals surface area contributed by atoms with E-state index < -0.39 is 11.8 Å². The maximum atomic E-state index is 12.3. The predicted octanol–water partition coefficient (Wildman–Crippen LogP) is 2.14. The molecule has 0 atom stereocenters. The Kier molecular flexibility index (Phi) is 4.79. The number of primary amides is 1. The molecule has 3 N–H and O–H groups in total. The molecule has 0 spiro atoms. The van der Waals surface area contributed by atoms with Gasteiger partial charge in [0.05, 0.1) is 12.8 Å². The van der Waals surface area contributed by atoms with Crippen molar-refractivity contribution in [1.82, 2.24) is 9.97 Å². The van der Waals surface area contributed by atoms with E-state index in [-0.39, 0.29) is 27.1 Å². The van der Waals surface area contributed by atoms with Gasteiger partial charge in [0.1, 0.15) is 27.9 Å². The molecule has 7 nitrogen and oxygen atoms in total. The predicted molar refractivity (Wildman–Crippen MR) is 81.5 cm³/mol. The average molecular weight is 341 g/mol. The van der Waals surface area contributed by atoms with Gasteiger partial charge in [-0.25, -0.2) is 9.97 Å². The van der Waals surface area contributed by atoms with E-state index >= 15 is 0 Å². The van der Waals surface area contributed by atoms with Crippen molar-refractivity contribution in [2.45, 2.75) is 0 Å². The highest BCUT2D eigenvalue weighted by Crippen LogP contribution is 2.27. The topological polar surface area (TPSA) is 107 Å². The Hall–Kier alpha value is -2.38. The molecule has 2 rings (SSSR count). The molecule has 1 heterocycles. The summed E-state index contributed by atoms with van der Waals surface area (Å²) in [6, 6.07) is 4.35. The van der Waals surface area contributed by atoms with Gasteiger partial charge in [-0.05, 0) is 18.2 Å². The summed E-state index contributed by atoms with van der Waals surface area (Å²) in [6.45, 7) is 0. The Bertz CT molecular complexity index is 732. The van der Waals surface area contributed by atoms with Crippen LogP contribution in [0.1, 0.15) is 20.7 Å². The van der Waals surface area contributed by atoms with E-state index in [1.165, 1.54) is 25.3 Å².